The van der Waals surface area contributed by atoms with E-state index in [1.807, 2.05) is 49.8 Å². The molecule has 0 amide bonds. The Kier molecular flexibility index (Phi) is 15.1. The average molecular weight is 490 g/mol. The fraction of sp³-hybridized carbons (Fsp3) is 0.367. The van der Waals surface area contributed by atoms with Crippen LogP contribution in [0.15, 0.2) is 78.0 Å². The molecule has 6 nitrogen and oxygen atoms in total. The molecule has 194 valence electrons. The highest BCUT2D eigenvalue weighted by Crippen LogP contribution is 2.15. The summed E-state index contributed by atoms with van der Waals surface area (Å²) in [5, 5.41) is 3.15. The first kappa shape index (κ1) is 30.5. The summed E-state index contributed by atoms with van der Waals surface area (Å²) >= 11 is 0. The van der Waals surface area contributed by atoms with Gasteiger partial charge in [0.25, 0.3) is 5.56 Å². The zero-order valence-electron chi connectivity index (χ0n) is 22.6. The van der Waals surface area contributed by atoms with Crippen molar-refractivity contribution in [1.82, 2.24) is 19.9 Å². The van der Waals surface area contributed by atoms with E-state index >= 15 is 0 Å². The van der Waals surface area contributed by atoms with Gasteiger partial charge in [0.2, 0.25) is 0 Å². The fourth-order valence-electron chi connectivity index (χ4n) is 3.28. The molecule has 0 aliphatic rings. The van der Waals surface area contributed by atoms with Gasteiger partial charge in [-0.3, -0.25) is 14.3 Å². The highest BCUT2D eigenvalue weighted by atomic mass is 16.1. The number of hydrogen-bond donors (Lipinski definition) is 2. The molecular weight excluding hydrogens is 446 g/mol. The van der Waals surface area contributed by atoms with E-state index in [9.17, 15) is 4.79 Å². The molecule has 0 saturated carbocycles. The highest BCUT2D eigenvalue weighted by molar-refractivity contribution is 5.56. The molecule has 36 heavy (non-hydrogen) atoms. The molecule has 3 N–H and O–H groups in total. The number of aromatic nitrogens is 3. The zero-order valence-corrected chi connectivity index (χ0v) is 22.6. The van der Waals surface area contributed by atoms with E-state index in [1.54, 1.807) is 6.08 Å². The first-order valence-electron chi connectivity index (χ1n) is 12.7. The van der Waals surface area contributed by atoms with Gasteiger partial charge in [0, 0.05) is 31.0 Å². The minimum atomic E-state index is -0.237. The van der Waals surface area contributed by atoms with Crippen molar-refractivity contribution in [2.24, 2.45) is 0 Å². The number of rotatable bonds is 9. The maximum Gasteiger partial charge on any atom is 0.277 e. The Morgan fingerprint density at radius 1 is 1.08 bits per heavy atom. The minimum Gasteiger partial charge on any atom is -0.393 e. The summed E-state index contributed by atoms with van der Waals surface area (Å²) in [6.07, 6.45) is 14.0. The Bertz CT molecular complexity index is 1120. The molecule has 3 aromatic rings. The molecule has 3 rings (SSSR count). The molecule has 1 aromatic carbocycles. The van der Waals surface area contributed by atoms with Crippen molar-refractivity contribution in [2.45, 2.75) is 59.9 Å². The number of hydrogen-bond acceptors (Lipinski definition) is 5. The summed E-state index contributed by atoms with van der Waals surface area (Å²) in [5.74, 6) is 0.602. The van der Waals surface area contributed by atoms with Crippen LogP contribution in [0.5, 0.6) is 0 Å². The molecular formula is C30H43N5O. The molecule has 0 aliphatic heterocycles. The van der Waals surface area contributed by atoms with Crippen LogP contribution in [0.25, 0.3) is 17.5 Å². The summed E-state index contributed by atoms with van der Waals surface area (Å²) in [6.45, 7) is 13.7. The topological polar surface area (TPSA) is 85.8 Å². The molecule has 0 spiro atoms. The second kappa shape index (κ2) is 17.9. The number of allylic oxidation sites excluding steroid dienone is 1. The number of aryl methyl sites for hydroxylation is 1. The first-order chi connectivity index (χ1) is 17.4. The maximum atomic E-state index is 11.9. The molecule has 0 saturated heterocycles. The van der Waals surface area contributed by atoms with Gasteiger partial charge in [0.15, 0.2) is 0 Å². The number of anilines is 1. The van der Waals surface area contributed by atoms with Gasteiger partial charge in [-0.05, 0) is 37.6 Å². The fourth-order valence-corrected chi connectivity index (χ4v) is 3.28. The predicted octanol–water partition coefficient (Wildman–Crippen LogP) is 6.14. The first-order valence-corrected chi connectivity index (χ1v) is 12.7. The van der Waals surface area contributed by atoms with Crippen molar-refractivity contribution in [1.29, 1.82) is 0 Å². The largest absolute Gasteiger partial charge is 0.393 e. The second-order valence-corrected chi connectivity index (χ2v) is 8.45. The van der Waals surface area contributed by atoms with Crippen LogP contribution in [-0.2, 0) is 13.0 Å². The molecule has 0 aliphatic carbocycles. The Hall–Kier alpha value is -3.51. The van der Waals surface area contributed by atoms with Crippen molar-refractivity contribution in [3.8, 4) is 11.4 Å². The van der Waals surface area contributed by atoms with Crippen molar-refractivity contribution in [3.63, 3.8) is 0 Å². The summed E-state index contributed by atoms with van der Waals surface area (Å²) in [6, 6.07) is 11.6. The van der Waals surface area contributed by atoms with E-state index in [0.29, 0.717) is 12.4 Å². The zero-order chi connectivity index (χ0) is 26.8. The van der Waals surface area contributed by atoms with Gasteiger partial charge in [-0.1, -0.05) is 88.1 Å². The van der Waals surface area contributed by atoms with Crippen LogP contribution in [0.2, 0.25) is 0 Å². The molecule has 0 fully saturated rings. The summed E-state index contributed by atoms with van der Waals surface area (Å²) < 4.78 is 1.51. The molecule has 0 radical (unpaired) electrons. The van der Waals surface area contributed by atoms with Gasteiger partial charge >= 0.3 is 0 Å². The Labute approximate surface area is 217 Å². The second-order valence-electron chi connectivity index (χ2n) is 8.45. The van der Waals surface area contributed by atoms with Gasteiger partial charge in [-0.25, -0.2) is 4.98 Å². The number of unbranched alkanes of at least 4 members (excludes halogenated alkanes) is 1. The van der Waals surface area contributed by atoms with Crippen LogP contribution in [0.1, 0.15) is 58.1 Å². The third-order valence-electron chi connectivity index (χ3n) is 5.24. The monoisotopic (exact) mass is 489 g/mol. The average Bonchev–Trinajstić information content (AvgIpc) is 2.89. The maximum absolute atomic E-state index is 11.9. The molecule has 0 unspecified atom stereocenters. The van der Waals surface area contributed by atoms with Crippen molar-refractivity contribution >= 4 is 11.8 Å². The quantitative estimate of drug-likeness (QED) is 0.353. The number of pyridine rings is 1. The van der Waals surface area contributed by atoms with Crippen LogP contribution in [0.4, 0.5) is 5.69 Å². The van der Waals surface area contributed by atoms with Gasteiger partial charge in [-0.15, -0.1) is 6.58 Å². The summed E-state index contributed by atoms with van der Waals surface area (Å²) in [4.78, 5) is 20.3. The molecule has 0 atom stereocenters. The van der Waals surface area contributed by atoms with Gasteiger partial charge in [0.1, 0.15) is 11.5 Å². The van der Waals surface area contributed by atoms with Crippen molar-refractivity contribution < 1.29 is 0 Å². The van der Waals surface area contributed by atoms with E-state index in [2.05, 4.69) is 61.7 Å². The normalized spacial score (nSPS) is 10.5. The molecule has 6 heteroatoms. The third kappa shape index (κ3) is 10.4. The third-order valence-corrected chi connectivity index (χ3v) is 5.24. The standard InChI is InChI=1S/C13H13N3O.C13H20N2.C4H10/c1-2-8-16-12(10-6-4-3-5-7-10)15-9-11(14)13(16)17;1-4-5-12-6-7-15-10-13(12)8-11(2)9-14-3;1-3-4-2/h2-7,9H,1,8,14H2;6-8,10,14H,4-5,9H2,1-3H3;3-4H2,1-2H3/b;11-8+;. The Balaban J connectivity index is 0.000000316. The number of benzene rings is 1. The number of nitrogens with zero attached hydrogens (tertiary/aromatic N) is 3. The smallest absolute Gasteiger partial charge is 0.277 e. The van der Waals surface area contributed by atoms with Crippen LogP contribution in [0, 0.1) is 0 Å². The van der Waals surface area contributed by atoms with Crippen LogP contribution >= 0.6 is 0 Å². The highest BCUT2D eigenvalue weighted by Gasteiger charge is 2.08. The SMILES string of the molecule is C=CCn1c(-c2ccccc2)ncc(N)c1=O.CCCC.CCCc1ccncc1/C=C(\C)CNC. The van der Waals surface area contributed by atoms with Crippen LogP contribution < -0.4 is 16.6 Å². The van der Waals surface area contributed by atoms with E-state index < -0.39 is 0 Å². The van der Waals surface area contributed by atoms with E-state index in [1.165, 1.54) is 46.7 Å². The van der Waals surface area contributed by atoms with Crippen LogP contribution in [0.3, 0.4) is 0 Å². The molecule has 2 aromatic heterocycles. The number of likely N-dealkylation sites (N-methyl/N-ethyl adjacent to an activating group) is 1. The lowest BCUT2D eigenvalue weighted by Gasteiger charge is -2.10. The Morgan fingerprint density at radius 2 is 1.78 bits per heavy atom. The summed E-state index contributed by atoms with van der Waals surface area (Å²) in [5.41, 5.74) is 10.3. The van der Waals surface area contributed by atoms with Gasteiger partial charge in [0.05, 0.1) is 6.20 Å². The van der Waals surface area contributed by atoms with Gasteiger partial charge < -0.3 is 11.1 Å². The lowest BCUT2D eigenvalue weighted by Crippen LogP contribution is -2.24. The summed E-state index contributed by atoms with van der Waals surface area (Å²) in [7, 11) is 1.97. The lowest BCUT2D eigenvalue weighted by atomic mass is 10.0. The van der Waals surface area contributed by atoms with E-state index in [0.717, 1.165) is 18.5 Å². The predicted molar refractivity (Wildman–Crippen MR) is 155 cm³/mol. The number of nitrogens with two attached hydrogens (primary N) is 1. The van der Waals surface area contributed by atoms with Crippen molar-refractivity contribution in [3.05, 3.63) is 94.7 Å². The van der Waals surface area contributed by atoms with Crippen LogP contribution in [-0.4, -0.2) is 28.1 Å². The lowest BCUT2D eigenvalue weighted by molar-refractivity contribution is 0.770. The number of nitrogen functional groups attached to an aromatic ring is 1. The van der Waals surface area contributed by atoms with Crippen molar-refractivity contribution in [2.75, 3.05) is 19.3 Å². The molecule has 0 bridgehead atoms. The van der Waals surface area contributed by atoms with Gasteiger partial charge in [-0.2, -0.15) is 0 Å². The molecule has 2 heterocycles. The van der Waals surface area contributed by atoms with E-state index in [4.69, 9.17) is 5.73 Å². The van der Waals surface area contributed by atoms with E-state index in [-0.39, 0.29) is 11.2 Å². The Morgan fingerprint density at radius 3 is 2.36 bits per heavy atom. The number of nitrogens with one attached hydrogen (secondary N) is 1. The minimum absolute atomic E-state index is 0.145.